The molecular weight excluding hydrogens is 430 g/mol. The third-order valence-corrected chi connectivity index (χ3v) is 8.79. The maximum absolute atomic E-state index is 12.9. The zero-order valence-corrected chi connectivity index (χ0v) is 18.6. The summed E-state index contributed by atoms with van der Waals surface area (Å²) >= 11 is 7.42. The van der Waals surface area contributed by atoms with Crippen molar-refractivity contribution in [1.82, 2.24) is 9.29 Å². The highest BCUT2D eigenvalue weighted by atomic mass is 35.5. The zero-order chi connectivity index (χ0) is 20.6. The van der Waals surface area contributed by atoms with Gasteiger partial charge in [-0.25, -0.2) is 13.4 Å². The molecule has 0 bridgehead atoms. The van der Waals surface area contributed by atoms with Crippen LogP contribution < -0.4 is 5.32 Å². The third kappa shape index (κ3) is 4.50. The van der Waals surface area contributed by atoms with Gasteiger partial charge in [-0.3, -0.25) is 4.79 Å². The summed E-state index contributed by atoms with van der Waals surface area (Å²) in [5, 5.41) is 4.05. The van der Waals surface area contributed by atoms with Gasteiger partial charge in [0.1, 0.15) is 0 Å². The topological polar surface area (TPSA) is 79.4 Å². The van der Waals surface area contributed by atoms with Crippen molar-refractivity contribution in [2.45, 2.75) is 43.9 Å². The van der Waals surface area contributed by atoms with E-state index in [1.807, 2.05) is 0 Å². The van der Waals surface area contributed by atoms with E-state index < -0.39 is 10.0 Å². The molecule has 2 heterocycles. The number of halogens is 1. The molecule has 1 aromatic carbocycles. The Morgan fingerprint density at radius 1 is 1.28 bits per heavy atom. The summed E-state index contributed by atoms with van der Waals surface area (Å²) in [4.78, 5) is 18.9. The molecule has 6 nitrogen and oxygen atoms in total. The fourth-order valence-electron chi connectivity index (χ4n) is 3.93. The van der Waals surface area contributed by atoms with Gasteiger partial charge in [-0.05, 0) is 62.3 Å². The number of nitrogens with zero attached hydrogens (tertiary/aromatic N) is 2. The Morgan fingerprint density at radius 3 is 2.79 bits per heavy atom. The van der Waals surface area contributed by atoms with Crippen molar-refractivity contribution < 1.29 is 13.2 Å². The van der Waals surface area contributed by atoms with E-state index in [9.17, 15) is 13.2 Å². The highest BCUT2D eigenvalue weighted by Crippen LogP contribution is 2.33. The minimum absolute atomic E-state index is 0.153. The first-order valence-corrected chi connectivity index (χ1v) is 12.5. The van der Waals surface area contributed by atoms with Gasteiger partial charge < -0.3 is 5.32 Å². The maximum atomic E-state index is 12.9. The SMILES string of the molecule is CC1CCc2nc(NC(=O)C3CCCN(S(=O)(=O)c4ccc(Cl)cc4)C3)sc2C1. The van der Waals surface area contributed by atoms with Crippen LogP contribution >= 0.6 is 22.9 Å². The van der Waals surface area contributed by atoms with Crippen LogP contribution in [0.1, 0.15) is 36.8 Å². The van der Waals surface area contributed by atoms with E-state index in [4.69, 9.17) is 11.6 Å². The normalized spacial score (nSPS) is 22.8. The number of hydrogen-bond donors (Lipinski definition) is 1. The van der Waals surface area contributed by atoms with E-state index in [-0.39, 0.29) is 23.3 Å². The molecule has 4 rings (SSSR count). The van der Waals surface area contributed by atoms with Crippen molar-refractivity contribution in [1.29, 1.82) is 0 Å². The fourth-order valence-corrected chi connectivity index (χ4v) is 6.76. The molecule has 1 fully saturated rings. The minimum atomic E-state index is -3.64. The second-order valence-corrected chi connectivity index (χ2v) is 11.3. The van der Waals surface area contributed by atoms with Gasteiger partial charge in [-0.15, -0.1) is 11.3 Å². The average molecular weight is 454 g/mol. The quantitative estimate of drug-likeness (QED) is 0.759. The maximum Gasteiger partial charge on any atom is 0.243 e. The van der Waals surface area contributed by atoms with Crippen LogP contribution in [0.4, 0.5) is 5.13 Å². The van der Waals surface area contributed by atoms with Crippen LogP contribution in [-0.4, -0.2) is 36.7 Å². The minimum Gasteiger partial charge on any atom is -0.302 e. The Morgan fingerprint density at radius 2 is 2.03 bits per heavy atom. The highest BCUT2D eigenvalue weighted by molar-refractivity contribution is 7.89. The molecule has 156 valence electrons. The number of sulfonamides is 1. The van der Waals surface area contributed by atoms with Gasteiger partial charge in [-0.2, -0.15) is 4.31 Å². The van der Waals surface area contributed by atoms with E-state index in [1.54, 1.807) is 23.5 Å². The molecule has 1 N–H and O–H groups in total. The molecule has 2 unspecified atom stereocenters. The molecule has 1 amide bonds. The first-order chi connectivity index (χ1) is 13.8. The molecule has 1 aromatic heterocycles. The number of carbonyl (C=O) groups excluding carboxylic acids is 1. The van der Waals surface area contributed by atoms with Crippen LogP contribution in [0.5, 0.6) is 0 Å². The first-order valence-electron chi connectivity index (χ1n) is 9.88. The molecule has 2 aliphatic rings. The summed E-state index contributed by atoms with van der Waals surface area (Å²) in [5.41, 5.74) is 1.10. The molecule has 1 aliphatic heterocycles. The lowest BCUT2D eigenvalue weighted by Gasteiger charge is -2.31. The standard InChI is InChI=1S/C20H24ClN3O3S2/c1-13-4-9-17-18(11-13)28-20(22-17)23-19(25)14-3-2-10-24(12-14)29(26,27)16-7-5-15(21)6-8-16/h5-8,13-14H,2-4,9-12H2,1H3,(H,22,23,25). The van der Waals surface area contributed by atoms with Crippen molar-refractivity contribution in [2.24, 2.45) is 11.8 Å². The number of carbonyl (C=O) groups is 1. The third-order valence-electron chi connectivity index (χ3n) is 5.62. The predicted molar refractivity (Wildman–Crippen MR) is 115 cm³/mol. The smallest absolute Gasteiger partial charge is 0.243 e. The summed E-state index contributed by atoms with van der Waals surface area (Å²) in [6.45, 7) is 2.83. The lowest BCUT2D eigenvalue weighted by Crippen LogP contribution is -2.43. The largest absolute Gasteiger partial charge is 0.302 e. The first kappa shape index (κ1) is 20.8. The second kappa shape index (κ2) is 8.34. The van der Waals surface area contributed by atoms with Crippen molar-refractivity contribution in [2.75, 3.05) is 18.4 Å². The summed E-state index contributed by atoms with van der Waals surface area (Å²) in [7, 11) is -3.64. The number of benzene rings is 1. The molecular formula is C20H24ClN3O3S2. The van der Waals surface area contributed by atoms with Gasteiger partial charge in [0, 0.05) is 23.0 Å². The van der Waals surface area contributed by atoms with Gasteiger partial charge in [0.2, 0.25) is 15.9 Å². The number of anilines is 1. The number of nitrogens with one attached hydrogen (secondary N) is 1. The van der Waals surface area contributed by atoms with Crippen molar-refractivity contribution in [3.8, 4) is 0 Å². The van der Waals surface area contributed by atoms with Gasteiger partial charge in [0.15, 0.2) is 5.13 Å². The van der Waals surface area contributed by atoms with Gasteiger partial charge in [0.05, 0.1) is 16.5 Å². The number of rotatable bonds is 4. The van der Waals surface area contributed by atoms with Gasteiger partial charge in [-0.1, -0.05) is 18.5 Å². The van der Waals surface area contributed by atoms with Crippen molar-refractivity contribution in [3.63, 3.8) is 0 Å². The molecule has 1 aliphatic carbocycles. The zero-order valence-electron chi connectivity index (χ0n) is 16.2. The van der Waals surface area contributed by atoms with E-state index in [0.29, 0.717) is 35.5 Å². The number of aromatic nitrogens is 1. The van der Waals surface area contributed by atoms with E-state index in [2.05, 4.69) is 17.2 Å². The number of hydrogen-bond acceptors (Lipinski definition) is 5. The molecule has 0 spiro atoms. The van der Waals surface area contributed by atoms with Crippen molar-refractivity contribution in [3.05, 3.63) is 39.9 Å². The van der Waals surface area contributed by atoms with Crippen LogP contribution in [0.2, 0.25) is 5.02 Å². The molecule has 2 atom stereocenters. The van der Waals surface area contributed by atoms with E-state index in [0.717, 1.165) is 25.0 Å². The number of piperidine rings is 1. The molecule has 0 saturated carbocycles. The Kier molecular flexibility index (Phi) is 5.97. The van der Waals surface area contributed by atoms with Crippen LogP contribution in [-0.2, 0) is 27.7 Å². The summed E-state index contributed by atoms with van der Waals surface area (Å²) in [5.74, 6) is 0.113. The highest BCUT2D eigenvalue weighted by Gasteiger charge is 2.33. The number of thiazole rings is 1. The second-order valence-electron chi connectivity index (χ2n) is 7.88. The number of aryl methyl sites for hydroxylation is 1. The lowest BCUT2D eigenvalue weighted by molar-refractivity contribution is -0.120. The van der Waals surface area contributed by atoms with Crippen LogP contribution in [0.15, 0.2) is 29.2 Å². The Balaban J connectivity index is 1.44. The number of fused-ring (bicyclic) bond motifs is 1. The fraction of sp³-hybridized carbons (Fsp3) is 0.500. The number of amides is 1. The lowest BCUT2D eigenvalue weighted by atomic mass is 9.93. The van der Waals surface area contributed by atoms with Gasteiger partial charge in [0.25, 0.3) is 0 Å². The van der Waals surface area contributed by atoms with E-state index >= 15 is 0 Å². The average Bonchev–Trinajstić information content (AvgIpc) is 3.09. The van der Waals surface area contributed by atoms with Crippen molar-refractivity contribution >= 4 is 44.0 Å². The Hall–Kier alpha value is -1.48. The molecule has 0 radical (unpaired) electrons. The molecule has 29 heavy (non-hydrogen) atoms. The summed E-state index contributed by atoms with van der Waals surface area (Å²) < 4.78 is 27.3. The molecule has 9 heteroatoms. The molecule has 1 saturated heterocycles. The predicted octanol–water partition coefficient (Wildman–Crippen LogP) is 3.96. The van der Waals surface area contributed by atoms with Crippen LogP contribution in [0, 0.1) is 11.8 Å². The monoisotopic (exact) mass is 453 g/mol. The van der Waals surface area contributed by atoms with Gasteiger partial charge >= 0.3 is 0 Å². The van der Waals surface area contributed by atoms with Crippen LogP contribution in [0.25, 0.3) is 0 Å². The molecule has 2 aromatic rings. The summed E-state index contributed by atoms with van der Waals surface area (Å²) in [6.07, 6.45) is 4.42. The van der Waals surface area contributed by atoms with Crippen LogP contribution in [0.3, 0.4) is 0 Å². The van der Waals surface area contributed by atoms with E-state index in [1.165, 1.54) is 21.3 Å². The Labute approximate surface area is 180 Å². The Bertz CT molecular complexity index is 1000. The summed E-state index contributed by atoms with van der Waals surface area (Å²) in [6, 6.07) is 6.13.